The molecule has 32 heavy (non-hydrogen) atoms. The minimum absolute atomic E-state index is 0.108. The molecule has 1 N–H and O–H groups in total. The van der Waals surface area contributed by atoms with Crippen molar-refractivity contribution in [3.05, 3.63) is 77.2 Å². The van der Waals surface area contributed by atoms with Crippen LogP contribution in [0.15, 0.2) is 60.2 Å². The summed E-state index contributed by atoms with van der Waals surface area (Å²) in [5.74, 6) is -1.25. The molecule has 0 spiro atoms. The van der Waals surface area contributed by atoms with E-state index in [1.54, 1.807) is 18.2 Å². The quantitative estimate of drug-likeness (QED) is 0.347. The molecular weight excluding hydrogens is 529 g/mol. The van der Waals surface area contributed by atoms with E-state index in [1.165, 1.54) is 29.6 Å². The molecule has 1 aromatic carbocycles. The molecule has 0 unspecified atom stereocenters. The van der Waals surface area contributed by atoms with E-state index in [1.807, 2.05) is 28.7 Å². The molecule has 2 aliphatic carbocycles. The van der Waals surface area contributed by atoms with E-state index in [4.69, 9.17) is 4.74 Å². The maximum Gasteiger partial charge on any atom is 0.347 e. The Morgan fingerprint density at radius 2 is 1.91 bits per heavy atom. The summed E-state index contributed by atoms with van der Waals surface area (Å²) in [6.07, 6.45) is 3.21. The van der Waals surface area contributed by atoms with Gasteiger partial charge < -0.3 is 9.84 Å². The highest BCUT2D eigenvalue weighted by Gasteiger charge is 2.45. The zero-order valence-corrected chi connectivity index (χ0v) is 19.3. The first-order valence-electron chi connectivity index (χ1n) is 9.89. The largest absolute Gasteiger partial charge is 0.504 e. The minimum Gasteiger partial charge on any atom is -0.504 e. The van der Waals surface area contributed by atoms with Gasteiger partial charge in [0.15, 0.2) is 23.1 Å². The van der Waals surface area contributed by atoms with Crippen LogP contribution >= 0.6 is 22.6 Å². The number of carbonyl (C=O) groups excluding carboxylic acids is 2. The Kier molecular flexibility index (Phi) is 4.66. The van der Waals surface area contributed by atoms with Gasteiger partial charge in [-0.3, -0.25) is 9.59 Å². The highest BCUT2D eigenvalue weighted by atomic mass is 127. The number of hydrogen-bond donors (Lipinski definition) is 1. The normalized spacial score (nSPS) is 22.1. The van der Waals surface area contributed by atoms with Crippen LogP contribution in [-0.4, -0.2) is 37.7 Å². The van der Waals surface area contributed by atoms with E-state index in [0.717, 1.165) is 4.57 Å². The molecule has 0 saturated heterocycles. The first-order chi connectivity index (χ1) is 15.3. The number of phenols is 1. The highest BCUT2D eigenvalue weighted by molar-refractivity contribution is 14.1. The Labute approximate surface area is 195 Å². The van der Waals surface area contributed by atoms with E-state index in [2.05, 4.69) is 0 Å². The van der Waals surface area contributed by atoms with Gasteiger partial charge in [0.05, 0.1) is 23.3 Å². The number of methoxy groups -OCH3 is 1. The monoisotopic (exact) mass is 547 g/mol. The lowest BCUT2D eigenvalue weighted by Crippen LogP contribution is -2.40. The molecule has 0 amide bonds. The first-order valence-corrected chi connectivity index (χ1v) is 11.0. The van der Waals surface area contributed by atoms with Gasteiger partial charge in [0, 0.05) is 42.2 Å². The molecule has 0 bridgehead atoms. The molecule has 5 rings (SSSR count). The number of para-hydroxylation sites is 1. The Morgan fingerprint density at radius 3 is 2.62 bits per heavy atom. The summed E-state index contributed by atoms with van der Waals surface area (Å²) in [5, 5.41) is 10.9. The second kappa shape index (κ2) is 7.19. The summed E-state index contributed by atoms with van der Waals surface area (Å²) in [5.41, 5.74) is 0.732. The lowest BCUT2D eigenvalue weighted by molar-refractivity contribution is -0.115. The van der Waals surface area contributed by atoms with Gasteiger partial charge in [0.1, 0.15) is 0 Å². The van der Waals surface area contributed by atoms with Gasteiger partial charge in [0.25, 0.3) is 0 Å². The molecule has 1 aliphatic heterocycles. The van der Waals surface area contributed by atoms with Gasteiger partial charge in [0.2, 0.25) is 0 Å². The fourth-order valence-corrected chi connectivity index (χ4v) is 5.44. The number of rotatable bonds is 2. The molecule has 0 saturated carbocycles. The van der Waals surface area contributed by atoms with E-state index in [0.29, 0.717) is 25.9 Å². The third-order valence-electron chi connectivity index (χ3n) is 6.35. The van der Waals surface area contributed by atoms with Crippen molar-refractivity contribution < 1.29 is 19.4 Å². The van der Waals surface area contributed by atoms with Crippen LogP contribution in [0.2, 0.25) is 0 Å². The summed E-state index contributed by atoms with van der Waals surface area (Å²) >= 11 is 1.85. The van der Waals surface area contributed by atoms with Crippen LogP contribution in [0, 0.1) is 0 Å². The van der Waals surface area contributed by atoms with Crippen molar-refractivity contribution in [2.24, 2.45) is 7.05 Å². The van der Waals surface area contributed by atoms with Crippen LogP contribution in [0.3, 0.4) is 0 Å². The predicted molar refractivity (Wildman–Crippen MR) is 122 cm³/mol. The number of fused-ring (bicyclic) bond motifs is 3. The van der Waals surface area contributed by atoms with Crippen LogP contribution in [0.25, 0.3) is 0 Å². The SMILES string of the molecule is COc1cccc([C@H]2C3=CCn4c(=O)n(C)c(=O)n4[C@@H]3CC3=C2C(=O)C(I)=CC3=O)c1O. The predicted octanol–water partition coefficient (Wildman–Crippen LogP) is 1.50. The van der Waals surface area contributed by atoms with E-state index < -0.39 is 23.3 Å². The van der Waals surface area contributed by atoms with Crippen molar-refractivity contribution >= 4 is 34.2 Å². The van der Waals surface area contributed by atoms with Gasteiger partial charge in [-0.15, -0.1) is 0 Å². The fourth-order valence-electron chi connectivity index (χ4n) is 4.87. The summed E-state index contributed by atoms with van der Waals surface area (Å²) in [7, 11) is 2.83. The number of benzene rings is 1. The summed E-state index contributed by atoms with van der Waals surface area (Å²) in [4.78, 5) is 51.6. The van der Waals surface area contributed by atoms with E-state index in [9.17, 15) is 24.3 Å². The van der Waals surface area contributed by atoms with Crippen LogP contribution < -0.4 is 16.1 Å². The van der Waals surface area contributed by atoms with Crippen LogP contribution in [0.4, 0.5) is 0 Å². The third kappa shape index (κ3) is 2.68. The number of ketones is 2. The lowest BCUT2D eigenvalue weighted by atomic mass is 9.68. The van der Waals surface area contributed by atoms with E-state index >= 15 is 0 Å². The summed E-state index contributed by atoms with van der Waals surface area (Å²) in [6.45, 7) is 0.139. The van der Waals surface area contributed by atoms with Crippen molar-refractivity contribution in [1.82, 2.24) is 13.9 Å². The summed E-state index contributed by atoms with van der Waals surface area (Å²) in [6, 6.07) is 4.33. The number of halogens is 1. The number of carbonyl (C=O) groups is 2. The molecule has 2 heterocycles. The van der Waals surface area contributed by atoms with Gasteiger partial charge >= 0.3 is 11.4 Å². The average Bonchev–Trinajstić information content (AvgIpc) is 3.00. The molecule has 164 valence electrons. The fraction of sp³-hybridized carbons (Fsp3) is 0.273. The number of aromatic nitrogens is 3. The van der Waals surface area contributed by atoms with Crippen LogP contribution in [0.1, 0.15) is 23.9 Å². The molecule has 3 aliphatic rings. The summed E-state index contributed by atoms with van der Waals surface area (Å²) < 4.78 is 9.26. The lowest BCUT2D eigenvalue weighted by Gasteiger charge is -2.39. The van der Waals surface area contributed by atoms with Gasteiger partial charge in [-0.1, -0.05) is 18.2 Å². The molecule has 1 aromatic heterocycles. The number of allylic oxidation sites excluding steroid dienone is 6. The van der Waals surface area contributed by atoms with Crippen LogP contribution in [-0.2, 0) is 23.2 Å². The van der Waals surface area contributed by atoms with Crippen molar-refractivity contribution in [2.75, 3.05) is 7.11 Å². The number of nitrogens with zero attached hydrogens (tertiary/aromatic N) is 3. The maximum absolute atomic E-state index is 13.2. The van der Waals surface area contributed by atoms with Crippen molar-refractivity contribution in [3.8, 4) is 11.5 Å². The maximum atomic E-state index is 13.2. The Balaban J connectivity index is 1.82. The molecule has 10 heteroatoms. The number of phenolic OH excluding ortho intramolecular Hbond substituents is 1. The number of Topliss-reactive ketones (excluding diaryl/α,β-unsaturated/α-hetero) is 1. The van der Waals surface area contributed by atoms with Crippen LogP contribution in [0.5, 0.6) is 11.5 Å². The Morgan fingerprint density at radius 1 is 1.16 bits per heavy atom. The second-order valence-electron chi connectivity index (χ2n) is 7.88. The molecule has 9 nitrogen and oxygen atoms in total. The molecule has 2 atom stereocenters. The number of aromatic hydroxyl groups is 1. The van der Waals surface area contributed by atoms with Gasteiger partial charge in [-0.2, -0.15) is 0 Å². The average molecular weight is 547 g/mol. The van der Waals surface area contributed by atoms with Gasteiger partial charge in [-0.25, -0.2) is 23.5 Å². The second-order valence-corrected chi connectivity index (χ2v) is 9.05. The van der Waals surface area contributed by atoms with Crippen molar-refractivity contribution in [2.45, 2.75) is 24.9 Å². The van der Waals surface area contributed by atoms with E-state index in [-0.39, 0.29) is 36.0 Å². The standard InChI is InChI=1S/C22H18IN3O6/c1-24-21(30)25-7-6-10-14(26(25)22(24)31)8-12-15(27)9-13(23)20(29)18(12)17(10)11-4-3-5-16(32-2)19(11)28/h3-6,9,14,17,28H,7-8H2,1-2H3/t14-,17-/m1/s1. The minimum atomic E-state index is -0.760. The molecule has 2 aromatic rings. The van der Waals surface area contributed by atoms with Crippen molar-refractivity contribution in [3.63, 3.8) is 0 Å². The molecule has 0 radical (unpaired) electrons. The van der Waals surface area contributed by atoms with Crippen molar-refractivity contribution in [1.29, 1.82) is 0 Å². The smallest absolute Gasteiger partial charge is 0.347 e. The zero-order chi connectivity index (χ0) is 22.9. The first kappa shape index (κ1) is 20.7. The molecular formula is C22H18IN3O6. The number of hydrogen-bond acceptors (Lipinski definition) is 6. The topological polar surface area (TPSA) is 113 Å². The molecule has 0 fully saturated rings. The Hall–Kier alpha value is -3.15. The highest BCUT2D eigenvalue weighted by Crippen LogP contribution is 2.52. The zero-order valence-electron chi connectivity index (χ0n) is 17.2. The number of ether oxygens (including phenoxy) is 1. The van der Waals surface area contributed by atoms with Gasteiger partial charge in [-0.05, 0) is 34.2 Å². The third-order valence-corrected chi connectivity index (χ3v) is 7.15. The Bertz CT molecular complexity index is 1430.